The van der Waals surface area contributed by atoms with E-state index in [0.29, 0.717) is 5.82 Å². The zero-order valence-corrected chi connectivity index (χ0v) is 29.3. The lowest BCUT2D eigenvalue weighted by Crippen LogP contribution is -1.97. The molecule has 3 heterocycles. The molecule has 0 spiro atoms. The van der Waals surface area contributed by atoms with Crippen molar-refractivity contribution in [3.63, 3.8) is 0 Å². The van der Waals surface area contributed by atoms with Gasteiger partial charge in [-0.15, -0.1) is 11.3 Å². The zero-order valence-electron chi connectivity index (χ0n) is 28.5. The van der Waals surface area contributed by atoms with Crippen molar-refractivity contribution in [3.8, 4) is 45.2 Å². The molecule has 3 nitrogen and oxygen atoms in total. The molecule has 0 N–H and O–H groups in total. The summed E-state index contributed by atoms with van der Waals surface area (Å²) >= 11 is 1.87. The lowest BCUT2D eigenvalue weighted by Gasteiger charge is -2.13. The van der Waals surface area contributed by atoms with Crippen molar-refractivity contribution in [1.29, 1.82) is 0 Å². The van der Waals surface area contributed by atoms with Gasteiger partial charge in [0.15, 0.2) is 5.82 Å². The summed E-state index contributed by atoms with van der Waals surface area (Å²) in [7, 11) is 0. The van der Waals surface area contributed by atoms with Crippen molar-refractivity contribution in [2.24, 2.45) is 0 Å². The van der Waals surface area contributed by atoms with Crippen molar-refractivity contribution in [2.45, 2.75) is 0 Å². The second kappa shape index (κ2) is 11.9. The number of aromatic nitrogens is 3. The maximum atomic E-state index is 5.28. The highest BCUT2D eigenvalue weighted by molar-refractivity contribution is 7.26. The number of hydrogen-bond donors (Lipinski definition) is 0. The molecule has 3 aromatic heterocycles. The van der Waals surface area contributed by atoms with Crippen LogP contribution in [0.2, 0.25) is 0 Å². The van der Waals surface area contributed by atoms with Crippen molar-refractivity contribution in [3.05, 3.63) is 176 Å². The van der Waals surface area contributed by atoms with Crippen LogP contribution in [0.15, 0.2) is 176 Å². The van der Waals surface area contributed by atoms with Crippen molar-refractivity contribution < 1.29 is 0 Å². The summed E-state index contributed by atoms with van der Waals surface area (Å²) in [6.07, 6.45) is 0. The Bertz CT molecular complexity index is 3130. The van der Waals surface area contributed by atoms with E-state index in [-0.39, 0.29) is 0 Å². The van der Waals surface area contributed by atoms with Crippen LogP contribution in [0.5, 0.6) is 0 Å². The normalized spacial score (nSPS) is 11.8. The van der Waals surface area contributed by atoms with Gasteiger partial charge in [-0.1, -0.05) is 158 Å². The van der Waals surface area contributed by atoms with E-state index in [1.165, 1.54) is 41.7 Å². The summed E-state index contributed by atoms with van der Waals surface area (Å²) in [5.41, 5.74) is 7.96. The maximum absolute atomic E-state index is 5.28. The molecule has 0 aliphatic carbocycles. The summed E-state index contributed by atoms with van der Waals surface area (Å²) < 4.78 is 2.61. The maximum Gasteiger partial charge on any atom is 0.161 e. The van der Waals surface area contributed by atoms with Gasteiger partial charge in [0.05, 0.1) is 22.6 Å². The van der Waals surface area contributed by atoms with Gasteiger partial charge in [-0.05, 0) is 39.7 Å². The molecular formula is C49H29N3S. The number of rotatable bonds is 4. The average molecular weight is 692 g/mol. The van der Waals surface area contributed by atoms with Gasteiger partial charge in [-0.25, -0.2) is 15.0 Å². The predicted molar refractivity (Wildman–Crippen MR) is 224 cm³/mol. The number of nitrogens with zero attached hydrogens (tertiary/aromatic N) is 3. The molecule has 0 bridgehead atoms. The zero-order chi connectivity index (χ0) is 34.9. The monoisotopic (exact) mass is 691 g/mol. The van der Waals surface area contributed by atoms with Gasteiger partial charge in [-0.3, -0.25) is 0 Å². The van der Waals surface area contributed by atoms with Crippen LogP contribution in [-0.4, -0.2) is 15.0 Å². The molecule has 4 heteroatoms. The number of para-hydroxylation sites is 1. The molecule has 8 aromatic carbocycles. The van der Waals surface area contributed by atoms with Crippen LogP contribution >= 0.6 is 11.3 Å². The number of benzene rings is 8. The summed E-state index contributed by atoms with van der Waals surface area (Å²) in [5, 5.41) is 10.9. The van der Waals surface area contributed by atoms with E-state index in [1.807, 2.05) is 11.3 Å². The molecule has 0 aliphatic heterocycles. The fourth-order valence-electron chi connectivity index (χ4n) is 7.96. The second-order valence-corrected chi connectivity index (χ2v) is 14.6. The average Bonchev–Trinajstić information content (AvgIpc) is 3.62. The van der Waals surface area contributed by atoms with Crippen LogP contribution in [0.4, 0.5) is 0 Å². The van der Waals surface area contributed by atoms with E-state index in [2.05, 4.69) is 176 Å². The molecule has 0 radical (unpaired) electrons. The molecule has 11 rings (SSSR count). The lowest BCUT2D eigenvalue weighted by molar-refractivity contribution is 1.19. The first-order valence-corrected chi connectivity index (χ1v) is 18.7. The highest BCUT2D eigenvalue weighted by Crippen LogP contribution is 2.43. The Morgan fingerprint density at radius 1 is 0.377 bits per heavy atom. The number of pyridine rings is 1. The van der Waals surface area contributed by atoms with Gasteiger partial charge in [0.25, 0.3) is 0 Å². The molecular weight excluding hydrogens is 663 g/mol. The molecule has 0 fully saturated rings. The first-order valence-electron chi connectivity index (χ1n) is 17.9. The largest absolute Gasteiger partial charge is 0.247 e. The molecule has 0 saturated carbocycles. The Morgan fingerprint density at radius 3 is 1.75 bits per heavy atom. The van der Waals surface area contributed by atoms with E-state index < -0.39 is 0 Å². The van der Waals surface area contributed by atoms with Crippen LogP contribution in [0.1, 0.15) is 0 Å². The van der Waals surface area contributed by atoms with Gasteiger partial charge in [0, 0.05) is 58.6 Å². The third-order valence-corrected chi connectivity index (χ3v) is 11.7. The van der Waals surface area contributed by atoms with Gasteiger partial charge in [-0.2, -0.15) is 0 Å². The predicted octanol–water partition coefficient (Wildman–Crippen LogP) is 13.5. The molecule has 53 heavy (non-hydrogen) atoms. The lowest BCUT2D eigenvalue weighted by atomic mass is 9.97. The van der Waals surface area contributed by atoms with Crippen LogP contribution in [0.3, 0.4) is 0 Å². The topological polar surface area (TPSA) is 38.7 Å². The van der Waals surface area contributed by atoms with Crippen molar-refractivity contribution >= 4 is 74.7 Å². The quantitative estimate of drug-likeness (QED) is 0.172. The molecule has 0 atom stereocenters. The minimum atomic E-state index is 0.709. The van der Waals surface area contributed by atoms with E-state index >= 15 is 0 Å². The Hall–Kier alpha value is -6.75. The number of thiophene rings is 1. The first-order chi connectivity index (χ1) is 26.3. The summed E-state index contributed by atoms with van der Waals surface area (Å²) in [6.45, 7) is 0. The van der Waals surface area contributed by atoms with E-state index in [0.717, 1.165) is 61.0 Å². The Morgan fingerprint density at radius 2 is 0.962 bits per heavy atom. The third kappa shape index (κ3) is 4.84. The van der Waals surface area contributed by atoms with Gasteiger partial charge in [0.2, 0.25) is 0 Å². The second-order valence-electron chi connectivity index (χ2n) is 13.5. The Labute approximate surface area is 309 Å². The fraction of sp³-hybridized carbons (Fsp3) is 0. The fourth-order valence-corrected chi connectivity index (χ4v) is 9.22. The van der Waals surface area contributed by atoms with Crippen LogP contribution in [0.25, 0.3) is 109 Å². The molecule has 0 aliphatic rings. The number of fused-ring (bicyclic) bond motifs is 9. The standard InChI is InChI=1S/C49H29N3S/c1-3-15-34-30(11-1)13-9-19-36(34)44-29-43(51-49(52-44)39-20-10-14-31-12-2-4-16-35(31)39)32-23-25-33(26-24-32)47-41-28-27-38-37-17-6-8-22-45(37)53-48(38)46(41)40-18-5-7-21-42(40)50-47/h1-29H. The minimum absolute atomic E-state index is 0.709. The molecule has 246 valence electrons. The highest BCUT2D eigenvalue weighted by Gasteiger charge is 2.18. The highest BCUT2D eigenvalue weighted by atomic mass is 32.1. The summed E-state index contributed by atoms with van der Waals surface area (Å²) in [6, 6.07) is 62.4. The van der Waals surface area contributed by atoms with Gasteiger partial charge in [0.1, 0.15) is 0 Å². The van der Waals surface area contributed by atoms with Crippen molar-refractivity contribution in [1.82, 2.24) is 15.0 Å². The Kier molecular flexibility index (Phi) is 6.73. The molecule has 0 amide bonds. The van der Waals surface area contributed by atoms with E-state index in [1.54, 1.807) is 0 Å². The first kappa shape index (κ1) is 29.9. The van der Waals surface area contributed by atoms with Gasteiger partial charge < -0.3 is 0 Å². The third-order valence-electron chi connectivity index (χ3n) is 10.5. The van der Waals surface area contributed by atoms with Crippen LogP contribution in [-0.2, 0) is 0 Å². The molecule has 0 saturated heterocycles. The molecule has 0 unspecified atom stereocenters. The van der Waals surface area contributed by atoms with Crippen molar-refractivity contribution in [2.75, 3.05) is 0 Å². The number of hydrogen-bond acceptors (Lipinski definition) is 4. The summed E-state index contributed by atoms with van der Waals surface area (Å²) in [5.74, 6) is 0.709. The van der Waals surface area contributed by atoms with Crippen LogP contribution in [0, 0.1) is 0 Å². The van der Waals surface area contributed by atoms with E-state index in [4.69, 9.17) is 15.0 Å². The minimum Gasteiger partial charge on any atom is -0.247 e. The SMILES string of the molecule is c1ccc2c(-c3cc(-c4ccc(-c5nc6ccccc6c6c5ccc5c7ccccc7sc56)cc4)nc(-c4cccc5ccccc45)n3)cccc2c1. The van der Waals surface area contributed by atoms with Crippen LogP contribution < -0.4 is 0 Å². The summed E-state index contributed by atoms with van der Waals surface area (Å²) in [4.78, 5) is 15.8. The molecule has 11 aromatic rings. The van der Waals surface area contributed by atoms with E-state index in [9.17, 15) is 0 Å². The Balaban J connectivity index is 1.10. The smallest absolute Gasteiger partial charge is 0.161 e. The van der Waals surface area contributed by atoms with Gasteiger partial charge >= 0.3 is 0 Å².